The molecule has 2 saturated heterocycles. The lowest BCUT2D eigenvalue weighted by atomic mass is 10.0. The normalized spacial score (nSPS) is 47.0. The van der Waals surface area contributed by atoms with Crippen molar-refractivity contribution in [2.75, 3.05) is 26.4 Å². The van der Waals surface area contributed by atoms with Crippen LogP contribution in [0.25, 0.3) is 0 Å². The van der Waals surface area contributed by atoms with Crippen molar-refractivity contribution in [2.24, 2.45) is 0 Å². The van der Waals surface area contributed by atoms with Crippen molar-refractivity contribution in [3.63, 3.8) is 0 Å². The molecular weight excluding hydrogens is 302 g/mol. The standard InChI is InChI=1S/C12H23NO9/c14-1-5-8(17)9(18)7(13-5)6(16)2-21-11-10(19)12(20,3-15)4-22-11/h5-11,13-20H,1-4H2/t5-,6-,7+,8+,9+,10+,11-,12+/m1/s1. The topological polar surface area (TPSA) is 172 Å². The maximum Gasteiger partial charge on any atom is 0.186 e. The molecule has 0 amide bonds. The lowest BCUT2D eigenvalue weighted by Gasteiger charge is -2.26. The van der Waals surface area contributed by atoms with E-state index in [-0.39, 0.29) is 13.2 Å². The van der Waals surface area contributed by atoms with E-state index < -0.39 is 61.6 Å². The van der Waals surface area contributed by atoms with E-state index in [2.05, 4.69) is 5.32 Å². The number of aliphatic hydroxyl groups excluding tert-OH is 6. The van der Waals surface area contributed by atoms with Crippen LogP contribution in [-0.2, 0) is 9.47 Å². The molecule has 0 bridgehead atoms. The van der Waals surface area contributed by atoms with Crippen LogP contribution in [0.1, 0.15) is 0 Å². The van der Waals surface area contributed by atoms with Gasteiger partial charge in [0.05, 0.1) is 56.8 Å². The Bertz CT molecular complexity index is 373. The smallest absolute Gasteiger partial charge is 0.186 e. The minimum Gasteiger partial charge on any atom is -0.395 e. The lowest BCUT2D eigenvalue weighted by molar-refractivity contribution is -0.177. The maximum atomic E-state index is 10.00. The van der Waals surface area contributed by atoms with Crippen molar-refractivity contribution in [1.29, 1.82) is 0 Å². The van der Waals surface area contributed by atoms with Crippen molar-refractivity contribution >= 4 is 0 Å². The second-order valence-electron chi connectivity index (χ2n) is 5.75. The van der Waals surface area contributed by atoms with Crippen LogP contribution in [0, 0.1) is 0 Å². The molecule has 0 spiro atoms. The molecule has 8 N–H and O–H groups in total. The molecule has 0 aromatic rings. The van der Waals surface area contributed by atoms with E-state index in [9.17, 15) is 25.5 Å². The number of aliphatic hydroxyl groups is 7. The van der Waals surface area contributed by atoms with E-state index >= 15 is 0 Å². The van der Waals surface area contributed by atoms with Gasteiger partial charge in [-0.25, -0.2) is 0 Å². The van der Waals surface area contributed by atoms with Crippen LogP contribution in [0.4, 0.5) is 0 Å². The zero-order valence-electron chi connectivity index (χ0n) is 11.8. The maximum absolute atomic E-state index is 10.00. The van der Waals surface area contributed by atoms with Crippen molar-refractivity contribution in [3.8, 4) is 0 Å². The number of hydrogen-bond acceptors (Lipinski definition) is 10. The summed E-state index contributed by atoms with van der Waals surface area (Å²) in [7, 11) is 0. The van der Waals surface area contributed by atoms with E-state index in [1.54, 1.807) is 0 Å². The summed E-state index contributed by atoms with van der Waals surface area (Å²) in [6, 6.07) is -1.69. The van der Waals surface area contributed by atoms with E-state index in [0.717, 1.165) is 0 Å². The average Bonchev–Trinajstić information content (AvgIpc) is 2.96. The van der Waals surface area contributed by atoms with Gasteiger partial charge in [0.2, 0.25) is 0 Å². The molecule has 22 heavy (non-hydrogen) atoms. The summed E-state index contributed by atoms with van der Waals surface area (Å²) in [4.78, 5) is 0. The fraction of sp³-hybridized carbons (Fsp3) is 1.00. The van der Waals surface area contributed by atoms with Gasteiger partial charge in [-0.2, -0.15) is 0 Å². The highest BCUT2D eigenvalue weighted by Crippen LogP contribution is 2.26. The minimum atomic E-state index is -1.82. The number of hydrogen-bond donors (Lipinski definition) is 8. The summed E-state index contributed by atoms with van der Waals surface area (Å²) in [5, 5.41) is 69.7. The zero-order valence-corrected chi connectivity index (χ0v) is 11.8. The third-order valence-electron chi connectivity index (χ3n) is 4.16. The molecule has 130 valence electrons. The first-order valence-electron chi connectivity index (χ1n) is 6.99. The monoisotopic (exact) mass is 325 g/mol. The average molecular weight is 325 g/mol. The molecule has 2 aliphatic rings. The van der Waals surface area contributed by atoms with Crippen molar-refractivity contribution in [2.45, 2.75) is 48.4 Å². The highest BCUT2D eigenvalue weighted by atomic mass is 16.7. The molecule has 0 aromatic carbocycles. The lowest BCUT2D eigenvalue weighted by Crippen LogP contribution is -2.49. The number of ether oxygens (including phenoxy) is 2. The summed E-state index contributed by atoms with van der Waals surface area (Å²) in [5.74, 6) is 0. The Hall–Kier alpha value is -0.400. The van der Waals surface area contributed by atoms with Gasteiger partial charge in [-0.1, -0.05) is 0 Å². The Labute approximate surface area is 126 Å². The van der Waals surface area contributed by atoms with Crippen LogP contribution in [0.5, 0.6) is 0 Å². The molecule has 0 saturated carbocycles. The first kappa shape index (κ1) is 17.9. The molecule has 2 heterocycles. The number of rotatable bonds is 6. The second kappa shape index (κ2) is 7.01. The Balaban J connectivity index is 1.85. The van der Waals surface area contributed by atoms with Gasteiger partial charge in [0.25, 0.3) is 0 Å². The predicted molar refractivity (Wildman–Crippen MR) is 69.6 cm³/mol. The van der Waals surface area contributed by atoms with Crippen LogP contribution in [0.2, 0.25) is 0 Å². The molecular formula is C12H23NO9. The van der Waals surface area contributed by atoms with Gasteiger partial charge in [-0.05, 0) is 0 Å². The highest BCUT2D eigenvalue weighted by molar-refractivity contribution is 5.01. The molecule has 0 aromatic heterocycles. The van der Waals surface area contributed by atoms with Gasteiger partial charge in [0, 0.05) is 0 Å². The third-order valence-corrected chi connectivity index (χ3v) is 4.16. The minimum absolute atomic E-state index is 0.318. The predicted octanol–water partition coefficient (Wildman–Crippen LogP) is -5.14. The van der Waals surface area contributed by atoms with Crippen molar-refractivity contribution < 1.29 is 45.2 Å². The quantitative estimate of drug-likeness (QED) is 0.236. The summed E-state index contributed by atoms with van der Waals surface area (Å²) >= 11 is 0. The van der Waals surface area contributed by atoms with Gasteiger partial charge in [0.15, 0.2) is 6.29 Å². The Kier molecular flexibility index (Phi) is 5.72. The Morgan fingerprint density at radius 3 is 2.41 bits per heavy atom. The first-order valence-corrected chi connectivity index (χ1v) is 6.99. The fourth-order valence-corrected chi connectivity index (χ4v) is 2.63. The Morgan fingerprint density at radius 1 is 1.23 bits per heavy atom. The van der Waals surface area contributed by atoms with E-state index in [4.69, 9.17) is 19.7 Å². The molecule has 0 radical (unpaired) electrons. The molecule has 2 aliphatic heterocycles. The van der Waals surface area contributed by atoms with Gasteiger partial charge in [-0.3, -0.25) is 0 Å². The van der Waals surface area contributed by atoms with Crippen LogP contribution >= 0.6 is 0 Å². The summed E-state index contributed by atoms with van der Waals surface area (Å²) in [6.45, 7) is -1.79. The molecule has 10 nitrogen and oxygen atoms in total. The molecule has 8 atom stereocenters. The van der Waals surface area contributed by atoms with Gasteiger partial charge in [-0.15, -0.1) is 0 Å². The van der Waals surface area contributed by atoms with Crippen LogP contribution in [0.15, 0.2) is 0 Å². The second-order valence-corrected chi connectivity index (χ2v) is 5.75. The van der Waals surface area contributed by atoms with Gasteiger partial charge < -0.3 is 50.5 Å². The highest BCUT2D eigenvalue weighted by Gasteiger charge is 2.49. The first-order chi connectivity index (χ1) is 10.3. The number of nitrogens with one attached hydrogen (secondary N) is 1. The summed E-state index contributed by atoms with van der Waals surface area (Å²) < 4.78 is 10.2. The molecule has 0 unspecified atom stereocenters. The molecule has 2 fully saturated rings. The largest absolute Gasteiger partial charge is 0.395 e. The van der Waals surface area contributed by atoms with Gasteiger partial charge in [0.1, 0.15) is 11.7 Å². The van der Waals surface area contributed by atoms with Crippen LogP contribution in [0.3, 0.4) is 0 Å². The van der Waals surface area contributed by atoms with Crippen molar-refractivity contribution in [3.05, 3.63) is 0 Å². The SMILES string of the molecule is OC[C@H]1N[C@@H]([C@H](O)CO[C@@H]2OC[C@@](O)(CO)[C@H]2O)[C@H](O)[C@H]1O. The zero-order chi connectivity index (χ0) is 16.5. The van der Waals surface area contributed by atoms with E-state index in [1.807, 2.05) is 0 Å². The van der Waals surface area contributed by atoms with Crippen LogP contribution in [-0.4, -0.2) is 111 Å². The summed E-state index contributed by atoms with van der Waals surface area (Å²) in [6.07, 6.45) is -6.48. The summed E-state index contributed by atoms with van der Waals surface area (Å²) in [5.41, 5.74) is -1.82. The fourth-order valence-electron chi connectivity index (χ4n) is 2.63. The Morgan fingerprint density at radius 2 is 1.91 bits per heavy atom. The molecule has 0 aliphatic carbocycles. The molecule has 2 rings (SSSR count). The van der Waals surface area contributed by atoms with E-state index in [1.165, 1.54) is 0 Å². The third kappa shape index (κ3) is 3.26. The van der Waals surface area contributed by atoms with Gasteiger partial charge >= 0.3 is 0 Å². The molecule has 10 heteroatoms. The van der Waals surface area contributed by atoms with Crippen molar-refractivity contribution in [1.82, 2.24) is 5.32 Å². The van der Waals surface area contributed by atoms with E-state index in [0.29, 0.717) is 0 Å². The van der Waals surface area contributed by atoms with Crippen LogP contribution < -0.4 is 5.32 Å².